The molecule has 0 aliphatic heterocycles. The molecule has 2 saturated carbocycles. The summed E-state index contributed by atoms with van der Waals surface area (Å²) in [6.07, 6.45) is 9.97. The molecule has 0 amide bonds. The van der Waals surface area contributed by atoms with E-state index in [2.05, 4.69) is 10.3 Å². The summed E-state index contributed by atoms with van der Waals surface area (Å²) >= 11 is 0. The number of H-pyrrole nitrogens is 1. The molecular formula is C23H28N4O2S. The molecule has 2 aromatic heterocycles. The van der Waals surface area contributed by atoms with Crippen LogP contribution in [0.4, 0.5) is 5.69 Å². The monoisotopic (exact) mass is 424 g/mol. The van der Waals surface area contributed by atoms with E-state index < -0.39 is 9.73 Å². The molecule has 3 aromatic rings. The minimum Gasteiger partial charge on any atom is -0.384 e. The van der Waals surface area contributed by atoms with E-state index in [1.165, 1.54) is 12.8 Å². The van der Waals surface area contributed by atoms with E-state index in [1.54, 1.807) is 17.8 Å². The molecule has 2 fully saturated rings. The van der Waals surface area contributed by atoms with Crippen molar-refractivity contribution in [2.24, 2.45) is 13.0 Å². The molecule has 30 heavy (non-hydrogen) atoms. The van der Waals surface area contributed by atoms with E-state index in [4.69, 9.17) is 4.78 Å². The van der Waals surface area contributed by atoms with Crippen molar-refractivity contribution in [3.63, 3.8) is 0 Å². The van der Waals surface area contributed by atoms with Gasteiger partial charge in [-0.2, -0.15) is 0 Å². The second-order valence-electron chi connectivity index (χ2n) is 8.76. The van der Waals surface area contributed by atoms with Gasteiger partial charge in [-0.15, -0.1) is 0 Å². The number of aromatic amines is 1. The minimum absolute atomic E-state index is 0.0666. The van der Waals surface area contributed by atoms with Gasteiger partial charge in [-0.3, -0.25) is 4.79 Å². The number of rotatable bonds is 6. The highest BCUT2D eigenvalue weighted by molar-refractivity contribution is 7.93. The average Bonchev–Trinajstić information content (AvgIpc) is 3.19. The zero-order valence-corrected chi connectivity index (χ0v) is 18.1. The van der Waals surface area contributed by atoms with E-state index in [0.29, 0.717) is 16.3 Å². The lowest BCUT2D eigenvalue weighted by Crippen LogP contribution is -2.18. The van der Waals surface area contributed by atoms with Crippen molar-refractivity contribution >= 4 is 26.3 Å². The zero-order valence-electron chi connectivity index (χ0n) is 17.2. The maximum atomic E-state index is 13.5. The molecule has 2 heterocycles. The van der Waals surface area contributed by atoms with Crippen LogP contribution in [0, 0.1) is 10.7 Å². The molecule has 1 atom stereocenters. The highest BCUT2D eigenvalue weighted by Gasteiger charge is 2.28. The smallest absolute Gasteiger partial charge is 0.274 e. The molecule has 0 bridgehead atoms. The molecule has 2 aliphatic carbocycles. The molecule has 0 radical (unpaired) electrons. The van der Waals surface area contributed by atoms with Gasteiger partial charge in [-0.05, 0) is 55.9 Å². The van der Waals surface area contributed by atoms with Gasteiger partial charge in [0.25, 0.3) is 5.56 Å². The second-order valence-corrected chi connectivity index (χ2v) is 11.1. The Kier molecular flexibility index (Phi) is 4.73. The lowest BCUT2D eigenvalue weighted by Gasteiger charge is -2.19. The Hall–Kier alpha value is -2.54. The van der Waals surface area contributed by atoms with Crippen molar-refractivity contribution in [1.29, 1.82) is 4.78 Å². The van der Waals surface area contributed by atoms with Crippen molar-refractivity contribution in [3.05, 3.63) is 47.0 Å². The predicted molar refractivity (Wildman–Crippen MR) is 122 cm³/mol. The minimum atomic E-state index is -2.87. The van der Waals surface area contributed by atoms with Crippen molar-refractivity contribution in [2.75, 3.05) is 11.9 Å². The molecule has 6 nitrogen and oxygen atoms in total. The standard InChI is InChI=1S/C23H28N4O2S/c1-27-14-20(18-10-11-25-22(18)23(27)28)19-12-17(30(24,29)16-4-2-3-5-16)8-9-21(19)26-13-15-6-7-15/h8-12,14-16,24-26H,2-7,13H2,1H3. The molecule has 3 N–H and O–H groups in total. The van der Waals surface area contributed by atoms with Crippen LogP contribution in [0.15, 0.2) is 46.3 Å². The summed E-state index contributed by atoms with van der Waals surface area (Å²) in [5, 5.41) is 4.34. The first-order chi connectivity index (χ1) is 14.4. The number of aromatic nitrogens is 2. The molecule has 2 aliphatic rings. The second kappa shape index (κ2) is 7.30. The lowest BCUT2D eigenvalue weighted by molar-refractivity contribution is 0.659. The third-order valence-electron chi connectivity index (χ3n) is 6.58. The van der Waals surface area contributed by atoms with Gasteiger partial charge < -0.3 is 14.9 Å². The number of hydrogen-bond acceptors (Lipinski definition) is 4. The SMILES string of the molecule is Cn1cc(-c2cc(S(=N)(=O)C3CCCC3)ccc2NCC2CC2)c2cc[nH]c2c1=O. The molecule has 5 rings (SSSR count). The third-order valence-corrected chi connectivity index (χ3v) is 8.94. The van der Waals surface area contributed by atoms with E-state index in [9.17, 15) is 9.00 Å². The van der Waals surface area contributed by atoms with Crippen molar-refractivity contribution in [1.82, 2.24) is 9.55 Å². The molecule has 158 valence electrons. The average molecular weight is 425 g/mol. The molecular weight excluding hydrogens is 396 g/mol. The Morgan fingerprint density at radius 3 is 2.67 bits per heavy atom. The first kappa shape index (κ1) is 19.4. The largest absolute Gasteiger partial charge is 0.384 e. The van der Waals surface area contributed by atoms with Gasteiger partial charge in [-0.1, -0.05) is 12.8 Å². The summed E-state index contributed by atoms with van der Waals surface area (Å²) < 4.78 is 23.8. The summed E-state index contributed by atoms with van der Waals surface area (Å²) in [6.45, 7) is 0.910. The normalized spacial score (nSPS) is 19.2. The maximum absolute atomic E-state index is 13.5. The summed E-state index contributed by atoms with van der Waals surface area (Å²) in [6, 6.07) is 7.68. The van der Waals surface area contributed by atoms with Crippen LogP contribution in [0.5, 0.6) is 0 Å². The van der Waals surface area contributed by atoms with Gasteiger partial charge in [0, 0.05) is 58.3 Å². The fourth-order valence-electron chi connectivity index (χ4n) is 4.56. The van der Waals surface area contributed by atoms with Crippen LogP contribution >= 0.6 is 0 Å². The Morgan fingerprint density at radius 2 is 1.93 bits per heavy atom. The number of nitrogens with zero attached hydrogens (tertiary/aromatic N) is 1. The first-order valence-electron chi connectivity index (χ1n) is 10.8. The van der Waals surface area contributed by atoms with Crippen LogP contribution in [0.1, 0.15) is 38.5 Å². The quantitative estimate of drug-likeness (QED) is 0.535. The molecule has 0 saturated heterocycles. The number of fused-ring (bicyclic) bond motifs is 1. The van der Waals surface area contributed by atoms with Gasteiger partial charge in [0.05, 0.1) is 9.73 Å². The number of anilines is 1. The van der Waals surface area contributed by atoms with Crippen molar-refractivity contribution in [2.45, 2.75) is 48.7 Å². The summed E-state index contributed by atoms with van der Waals surface area (Å²) in [5.74, 6) is 0.712. The third kappa shape index (κ3) is 3.35. The fourth-order valence-corrected chi connectivity index (χ4v) is 6.51. The van der Waals surface area contributed by atoms with Gasteiger partial charge in [0.2, 0.25) is 0 Å². The number of aryl methyl sites for hydroxylation is 1. The number of pyridine rings is 1. The molecule has 1 unspecified atom stereocenters. The Morgan fingerprint density at radius 1 is 1.17 bits per heavy atom. The summed E-state index contributed by atoms with van der Waals surface area (Å²) in [7, 11) is -1.12. The van der Waals surface area contributed by atoms with Crippen LogP contribution < -0.4 is 10.9 Å². The Bertz CT molecular complexity index is 1260. The van der Waals surface area contributed by atoms with Crippen LogP contribution in [-0.4, -0.2) is 25.6 Å². The summed E-state index contributed by atoms with van der Waals surface area (Å²) in [5.41, 5.74) is 3.28. The first-order valence-corrected chi connectivity index (χ1v) is 12.4. The van der Waals surface area contributed by atoms with E-state index in [-0.39, 0.29) is 10.8 Å². The Labute approximate surface area is 176 Å². The lowest BCUT2D eigenvalue weighted by atomic mass is 10.0. The highest BCUT2D eigenvalue weighted by Crippen LogP contribution is 2.38. The van der Waals surface area contributed by atoms with Crippen LogP contribution in [0.3, 0.4) is 0 Å². The van der Waals surface area contributed by atoms with Crippen LogP contribution in [0.25, 0.3) is 22.0 Å². The predicted octanol–water partition coefficient (Wildman–Crippen LogP) is 4.70. The molecule has 0 spiro atoms. The van der Waals surface area contributed by atoms with E-state index in [0.717, 1.165) is 54.4 Å². The number of benzene rings is 1. The van der Waals surface area contributed by atoms with E-state index >= 15 is 0 Å². The number of hydrogen-bond donors (Lipinski definition) is 3. The highest BCUT2D eigenvalue weighted by atomic mass is 32.2. The number of nitrogens with one attached hydrogen (secondary N) is 3. The zero-order chi connectivity index (χ0) is 20.9. The van der Waals surface area contributed by atoms with Crippen LogP contribution in [-0.2, 0) is 16.8 Å². The van der Waals surface area contributed by atoms with Gasteiger partial charge >= 0.3 is 0 Å². The topological polar surface area (TPSA) is 90.7 Å². The van der Waals surface area contributed by atoms with Crippen molar-refractivity contribution < 1.29 is 4.21 Å². The van der Waals surface area contributed by atoms with Gasteiger partial charge in [-0.25, -0.2) is 8.99 Å². The molecule has 7 heteroatoms. The van der Waals surface area contributed by atoms with Crippen LogP contribution in [0.2, 0.25) is 0 Å². The molecule has 1 aromatic carbocycles. The van der Waals surface area contributed by atoms with Crippen molar-refractivity contribution in [3.8, 4) is 11.1 Å². The van der Waals surface area contributed by atoms with Gasteiger partial charge in [0.1, 0.15) is 5.52 Å². The maximum Gasteiger partial charge on any atom is 0.274 e. The summed E-state index contributed by atoms with van der Waals surface area (Å²) in [4.78, 5) is 16.2. The van der Waals surface area contributed by atoms with E-state index in [1.807, 2.05) is 30.5 Å². The van der Waals surface area contributed by atoms with Gasteiger partial charge in [0.15, 0.2) is 0 Å². The Balaban J connectivity index is 1.67. The fraction of sp³-hybridized carbons (Fsp3) is 0.435.